The Hall–Kier alpha value is -2.30. The average Bonchev–Trinajstić information content (AvgIpc) is 2.66. The minimum absolute atomic E-state index is 0.0963. The van der Waals surface area contributed by atoms with Gasteiger partial charge in [-0.25, -0.2) is 4.68 Å². The van der Waals surface area contributed by atoms with E-state index in [4.69, 9.17) is 9.84 Å². The predicted molar refractivity (Wildman–Crippen MR) is 70.9 cm³/mol. The van der Waals surface area contributed by atoms with E-state index in [9.17, 15) is 4.79 Å². The van der Waals surface area contributed by atoms with Crippen LogP contribution < -0.4 is 4.74 Å². The van der Waals surface area contributed by atoms with Crippen LogP contribution in [0.15, 0.2) is 24.3 Å². The molecule has 0 bridgehead atoms. The van der Waals surface area contributed by atoms with Crippen molar-refractivity contribution in [2.24, 2.45) is 0 Å². The van der Waals surface area contributed by atoms with Crippen LogP contribution in [0.4, 0.5) is 0 Å². The molecule has 1 N–H and O–H groups in total. The van der Waals surface area contributed by atoms with Gasteiger partial charge >= 0.3 is 5.97 Å². The zero-order chi connectivity index (χ0) is 14.0. The molecule has 1 aromatic heterocycles. The van der Waals surface area contributed by atoms with Crippen LogP contribution in [-0.4, -0.2) is 28.0 Å². The molecule has 0 aliphatic rings. The SMILES string of the molecule is COc1c(CC(=O)O)c(C)nn1-c1ccccc1C. The standard InChI is InChI=1S/C14H16N2O3/c1-9-6-4-5-7-12(9)16-14(19-3)11(8-13(17)18)10(2)15-16/h4-7H,8H2,1-3H3,(H,17,18). The molecule has 0 atom stereocenters. The van der Waals surface area contributed by atoms with Crippen molar-refractivity contribution < 1.29 is 14.6 Å². The molecule has 2 aromatic rings. The smallest absolute Gasteiger partial charge is 0.308 e. The van der Waals surface area contributed by atoms with Crippen molar-refractivity contribution in [3.8, 4) is 11.6 Å². The highest BCUT2D eigenvalue weighted by atomic mass is 16.5. The van der Waals surface area contributed by atoms with Crippen LogP contribution in [0.1, 0.15) is 16.8 Å². The Morgan fingerprint density at radius 2 is 2.05 bits per heavy atom. The first kappa shape index (κ1) is 13.1. The molecule has 0 saturated heterocycles. The Morgan fingerprint density at radius 3 is 2.63 bits per heavy atom. The fourth-order valence-electron chi connectivity index (χ4n) is 2.07. The highest BCUT2D eigenvalue weighted by Crippen LogP contribution is 2.27. The van der Waals surface area contributed by atoms with Crippen molar-refractivity contribution in [2.75, 3.05) is 7.11 Å². The van der Waals surface area contributed by atoms with Gasteiger partial charge in [0.05, 0.1) is 24.9 Å². The van der Waals surface area contributed by atoms with Crippen molar-refractivity contribution >= 4 is 5.97 Å². The number of carbonyl (C=O) groups is 1. The van der Waals surface area contributed by atoms with Crippen molar-refractivity contribution in [3.05, 3.63) is 41.1 Å². The van der Waals surface area contributed by atoms with E-state index < -0.39 is 5.97 Å². The van der Waals surface area contributed by atoms with Crippen molar-refractivity contribution in [1.29, 1.82) is 0 Å². The van der Waals surface area contributed by atoms with Crippen molar-refractivity contribution in [2.45, 2.75) is 20.3 Å². The largest absolute Gasteiger partial charge is 0.481 e. The Balaban J connectivity index is 2.59. The average molecular weight is 260 g/mol. The van der Waals surface area contributed by atoms with Crippen molar-refractivity contribution in [1.82, 2.24) is 9.78 Å². The van der Waals surface area contributed by atoms with Gasteiger partial charge < -0.3 is 9.84 Å². The van der Waals surface area contributed by atoms with E-state index in [0.29, 0.717) is 17.1 Å². The maximum absolute atomic E-state index is 10.9. The minimum atomic E-state index is -0.897. The summed E-state index contributed by atoms with van der Waals surface area (Å²) in [5.41, 5.74) is 3.21. The second-order valence-electron chi connectivity index (χ2n) is 4.34. The van der Waals surface area contributed by atoms with Gasteiger partial charge in [-0.05, 0) is 25.5 Å². The summed E-state index contributed by atoms with van der Waals surface area (Å²) in [5, 5.41) is 13.3. The van der Waals surface area contributed by atoms with Gasteiger partial charge in [0.2, 0.25) is 5.88 Å². The van der Waals surface area contributed by atoms with E-state index in [0.717, 1.165) is 11.3 Å². The highest BCUT2D eigenvalue weighted by molar-refractivity contribution is 5.71. The van der Waals surface area contributed by atoms with Crippen LogP contribution in [0.3, 0.4) is 0 Å². The third-order valence-corrected chi connectivity index (χ3v) is 3.00. The number of nitrogens with zero attached hydrogens (tertiary/aromatic N) is 2. The minimum Gasteiger partial charge on any atom is -0.481 e. The van der Waals surface area contributed by atoms with E-state index >= 15 is 0 Å². The zero-order valence-electron chi connectivity index (χ0n) is 11.2. The first-order valence-electron chi connectivity index (χ1n) is 5.95. The normalized spacial score (nSPS) is 10.5. The number of para-hydroxylation sites is 1. The third-order valence-electron chi connectivity index (χ3n) is 3.00. The molecule has 1 heterocycles. The van der Waals surface area contributed by atoms with E-state index in [1.165, 1.54) is 7.11 Å². The van der Waals surface area contributed by atoms with Gasteiger partial charge in [-0.1, -0.05) is 18.2 Å². The summed E-state index contributed by atoms with van der Waals surface area (Å²) in [6, 6.07) is 7.76. The maximum atomic E-state index is 10.9. The monoisotopic (exact) mass is 260 g/mol. The predicted octanol–water partition coefficient (Wildman–Crippen LogP) is 2.12. The summed E-state index contributed by atoms with van der Waals surface area (Å²) < 4.78 is 7.00. The summed E-state index contributed by atoms with van der Waals surface area (Å²) in [7, 11) is 1.52. The number of methoxy groups -OCH3 is 1. The molecule has 19 heavy (non-hydrogen) atoms. The summed E-state index contributed by atoms with van der Waals surface area (Å²) >= 11 is 0. The molecule has 1 aromatic carbocycles. The molecular formula is C14H16N2O3. The molecule has 0 spiro atoms. The summed E-state index contributed by atoms with van der Waals surface area (Å²) in [6.07, 6.45) is -0.0963. The molecule has 5 nitrogen and oxygen atoms in total. The molecule has 0 unspecified atom stereocenters. The van der Waals surface area contributed by atoms with Crippen LogP contribution in [0.5, 0.6) is 5.88 Å². The number of aryl methyl sites for hydroxylation is 2. The summed E-state index contributed by atoms with van der Waals surface area (Å²) in [5.74, 6) is -0.417. The maximum Gasteiger partial charge on any atom is 0.308 e. The molecule has 0 aliphatic heterocycles. The Bertz CT molecular complexity index is 617. The fraction of sp³-hybridized carbons (Fsp3) is 0.286. The molecule has 0 fully saturated rings. The van der Waals surface area contributed by atoms with Crippen LogP contribution in [0.2, 0.25) is 0 Å². The van der Waals surface area contributed by atoms with Gasteiger partial charge in [-0.2, -0.15) is 5.10 Å². The molecule has 5 heteroatoms. The Labute approximate surface area is 111 Å². The number of hydrogen-bond donors (Lipinski definition) is 1. The number of aromatic nitrogens is 2. The number of hydrogen-bond acceptors (Lipinski definition) is 3. The summed E-state index contributed by atoms with van der Waals surface area (Å²) in [4.78, 5) is 10.9. The first-order valence-corrected chi connectivity index (χ1v) is 5.95. The molecule has 100 valence electrons. The first-order chi connectivity index (χ1) is 9.04. The number of rotatable bonds is 4. The lowest BCUT2D eigenvalue weighted by molar-refractivity contribution is -0.136. The van der Waals surface area contributed by atoms with Gasteiger partial charge in [-0.3, -0.25) is 4.79 Å². The molecule has 0 aliphatic carbocycles. The van der Waals surface area contributed by atoms with Gasteiger partial charge in [0, 0.05) is 5.56 Å². The Morgan fingerprint density at radius 1 is 1.37 bits per heavy atom. The number of carboxylic acid groups (broad SMARTS) is 1. The zero-order valence-corrected chi connectivity index (χ0v) is 11.2. The second kappa shape index (κ2) is 5.14. The van der Waals surface area contributed by atoms with Gasteiger partial charge in [0.1, 0.15) is 0 Å². The molecule has 2 rings (SSSR count). The topological polar surface area (TPSA) is 64.3 Å². The number of ether oxygens (including phenoxy) is 1. The van der Waals surface area contributed by atoms with Crippen LogP contribution in [0.25, 0.3) is 5.69 Å². The number of benzene rings is 1. The second-order valence-corrected chi connectivity index (χ2v) is 4.34. The van der Waals surface area contributed by atoms with Crippen molar-refractivity contribution in [3.63, 3.8) is 0 Å². The molecular weight excluding hydrogens is 244 g/mol. The van der Waals surface area contributed by atoms with E-state index in [1.807, 2.05) is 31.2 Å². The summed E-state index contributed by atoms with van der Waals surface area (Å²) in [6.45, 7) is 3.76. The van der Waals surface area contributed by atoms with E-state index in [1.54, 1.807) is 11.6 Å². The van der Waals surface area contributed by atoms with Crippen LogP contribution in [-0.2, 0) is 11.2 Å². The van der Waals surface area contributed by atoms with Crippen LogP contribution in [0, 0.1) is 13.8 Å². The fourth-order valence-corrected chi connectivity index (χ4v) is 2.07. The van der Waals surface area contributed by atoms with E-state index in [-0.39, 0.29) is 6.42 Å². The number of aliphatic carboxylic acids is 1. The lowest BCUT2D eigenvalue weighted by Gasteiger charge is -2.09. The van der Waals surface area contributed by atoms with E-state index in [2.05, 4.69) is 5.10 Å². The van der Waals surface area contributed by atoms with Crippen LogP contribution >= 0.6 is 0 Å². The Kier molecular flexibility index (Phi) is 3.55. The lowest BCUT2D eigenvalue weighted by atomic mass is 10.2. The molecule has 0 saturated carbocycles. The van der Waals surface area contributed by atoms with Gasteiger partial charge in [0.15, 0.2) is 0 Å². The number of carboxylic acids is 1. The van der Waals surface area contributed by atoms with Gasteiger partial charge in [0.25, 0.3) is 0 Å². The highest BCUT2D eigenvalue weighted by Gasteiger charge is 2.19. The third kappa shape index (κ3) is 2.45. The molecule has 0 radical (unpaired) electrons. The quantitative estimate of drug-likeness (QED) is 0.914. The van der Waals surface area contributed by atoms with Gasteiger partial charge in [-0.15, -0.1) is 0 Å². The lowest BCUT2D eigenvalue weighted by Crippen LogP contribution is -2.05. The molecule has 0 amide bonds.